The minimum atomic E-state index is -1.80. The first-order valence-electron chi connectivity index (χ1n) is 8.93. The van der Waals surface area contributed by atoms with Gasteiger partial charge in [0.1, 0.15) is 0 Å². The summed E-state index contributed by atoms with van der Waals surface area (Å²) < 4.78 is 6.27. The molecule has 2 aromatic rings. The van der Waals surface area contributed by atoms with Crippen LogP contribution in [0.5, 0.6) is 0 Å². The summed E-state index contributed by atoms with van der Waals surface area (Å²) in [5, 5.41) is 0.180. The standard InChI is InChI=1S/C21H30N2O2Si/c1-21(2,3)26(6,7)25-15-18-9-8-10-19(22-18)16-11-13-17(14-12-16)20(24)23(4)5/h8-14H,15H2,1-7H3. The average Bonchev–Trinajstić information content (AvgIpc) is 2.59. The highest BCUT2D eigenvalue weighted by Gasteiger charge is 2.37. The van der Waals surface area contributed by atoms with E-state index in [0.717, 1.165) is 17.0 Å². The second-order valence-corrected chi connectivity index (χ2v) is 13.1. The van der Waals surface area contributed by atoms with E-state index in [1.807, 2.05) is 42.5 Å². The van der Waals surface area contributed by atoms with Crippen molar-refractivity contribution in [3.8, 4) is 11.3 Å². The van der Waals surface area contributed by atoms with Crippen molar-refractivity contribution in [3.63, 3.8) is 0 Å². The lowest BCUT2D eigenvalue weighted by Crippen LogP contribution is -2.40. The SMILES string of the molecule is CN(C)C(=O)c1ccc(-c2cccc(CO[Si](C)(C)C(C)(C)C)n2)cc1. The van der Waals surface area contributed by atoms with Crippen LogP contribution in [-0.2, 0) is 11.0 Å². The van der Waals surface area contributed by atoms with Gasteiger partial charge in [-0.2, -0.15) is 0 Å². The molecule has 0 unspecified atom stereocenters. The number of rotatable bonds is 5. The van der Waals surface area contributed by atoms with Crippen molar-refractivity contribution in [1.29, 1.82) is 0 Å². The molecule has 0 atom stereocenters. The van der Waals surface area contributed by atoms with Crippen LogP contribution in [0.25, 0.3) is 11.3 Å². The molecule has 0 saturated heterocycles. The van der Waals surface area contributed by atoms with Crippen LogP contribution in [0.2, 0.25) is 18.1 Å². The normalized spacial score (nSPS) is 12.1. The van der Waals surface area contributed by atoms with Gasteiger partial charge in [-0.3, -0.25) is 9.78 Å². The van der Waals surface area contributed by atoms with E-state index in [9.17, 15) is 4.79 Å². The Morgan fingerprint density at radius 1 is 1.08 bits per heavy atom. The molecule has 5 heteroatoms. The van der Waals surface area contributed by atoms with Gasteiger partial charge < -0.3 is 9.33 Å². The van der Waals surface area contributed by atoms with E-state index < -0.39 is 8.32 Å². The number of hydrogen-bond donors (Lipinski definition) is 0. The van der Waals surface area contributed by atoms with E-state index in [0.29, 0.717) is 12.2 Å². The Hall–Kier alpha value is -1.98. The van der Waals surface area contributed by atoms with Crippen LogP contribution in [0.1, 0.15) is 36.8 Å². The summed E-state index contributed by atoms with van der Waals surface area (Å²) in [6.07, 6.45) is 0. The Morgan fingerprint density at radius 3 is 2.23 bits per heavy atom. The van der Waals surface area contributed by atoms with Crippen LogP contribution in [0.15, 0.2) is 42.5 Å². The molecule has 1 amide bonds. The maximum atomic E-state index is 12.0. The number of pyridine rings is 1. The van der Waals surface area contributed by atoms with E-state index in [-0.39, 0.29) is 10.9 Å². The smallest absolute Gasteiger partial charge is 0.253 e. The first kappa shape index (κ1) is 20.3. The lowest BCUT2D eigenvalue weighted by molar-refractivity contribution is 0.0827. The molecule has 4 nitrogen and oxygen atoms in total. The highest BCUT2D eigenvalue weighted by atomic mass is 28.4. The Kier molecular flexibility index (Phi) is 6.04. The van der Waals surface area contributed by atoms with Crippen LogP contribution in [0.4, 0.5) is 0 Å². The molecule has 1 aromatic carbocycles. The molecule has 0 fully saturated rings. The van der Waals surface area contributed by atoms with Crippen molar-refractivity contribution >= 4 is 14.2 Å². The molecule has 0 aliphatic rings. The summed E-state index contributed by atoms with van der Waals surface area (Å²) in [5.74, 6) is 0.000954. The molecule has 0 saturated carbocycles. The topological polar surface area (TPSA) is 42.4 Å². The van der Waals surface area contributed by atoms with Crippen LogP contribution in [0, 0.1) is 0 Å². The number of nitrogens with zero attached hydrogens (tertiary/aromatic N) is 2. The van der Waals surface area contributed by atoms with E-state index >= 15 is 0 Å². The van der Waals surface area contributed by atoms with Crippen LogP contribution in [-0.4, -0.2) is 38.2 Å². The quantitative estimate of drug-likeness (QED) is 0.698. The molecule has 2 rings (SSSR count). The Balaban J connectivity index is 2.15. The van der Waals surface area contributed by atoms with E-state index in [1.165, 1.54) is 0 Å². The van der Waals surface area contributed by atoms with E-state index in [2.05, 4.69) is 33.9 Å². The lowest BCUT2D eigenvalue weighted by Gasteiger charge is -2.36. The van der Waals surface area contributed by atoms with Crippen molar-refractivity contribution in [2.45, 2.75) is 45.5 Å². The molecule has 140 valence electrons. The zero-order valence-corrected chi connectivity index (χ0v) is 18.0. The molecule has 0 spiro atoms. The van der Waals surface area contributed by atoms with Crippen molar-refractivity contribution in [1.82, 2.24) is 9.88 Å². The Labute approximate surface area is 158 Å². The first-order valence-corrected chi connectivity index (χ1v) is 11.8. The van der Waals surface area contributed by atoms with Crippen molar-refractivity contribution in [2.24, 2.45) is 0 Å². The average molecular weight is 371 g/mol. The van der Waals surface area contributed by atoms with Gasteiger partial charge in [0.15, 0.2) is 8.32 Å². The summed E-state index contributed by atoms with van der Waals surface area (Å²) in [5.41, 5.74) is 3.50. The molecular formula is C21H30N2O2Si. The number of carbonyl (C=O) groups is 1. The van der Waals surface area contributed by atoms with Crippen LogP contribution in [0.3, 0.4) is 0 Å². The third-order valence-electron chi connectivity index (χ3n) is 5.03. The summed E-state index contributed by atoms with van der Waals surface area (Å²) in [4.78, 5) is 18.3. The third-order valence-corrected chi connectivity index (χ3v) is 9.51. The Bertz CT molecular complexity index is 762. The molecule has 0 aliphatic carbocycles. The minimum Gasteiger partial charge on any atom is -0.411 e. The molecule has 0 aliphatic heterocycles. The molecule has 26 heavy (non-hydrogen) atoms. The molecule has 1 heterocycles. The van der Waals surface area contributed by atoms with Crippen LogP contribution < -0.4 is 0 Å². The summed E-state index contributed by atoms with van der Waals surface area (Å²) in [6.45, 7) is 11.7. The van der Waals surface area contributed by atoms with Gasteiger partial charge in [-0.05, 0) is 42.4 Å². The monoisotopic (exact) mass is 370 g/mol. The Morgan fingerprint density at radius 2 is 1.69 bits per heavy atom. The zero-order valence-electron chi connectivity index (χ0n) is 17.0. The molecule has 1 aromatic heterocycles. The zero-order chi connectivity index (χ0) is 19.5. The predicted octanol–water partition coefficient (Wildman–Crippen LogP) is 4.97. The molecular weight excluding hydrogens is 340 g/mol. The maximum absolute atomic E-state index is 12.0. The summed E-state index contributed by atoms with van der Waals surface area (Å²) in [7, 11) is 1.71. The fourth-order valence-corrected chi connectivity index (χ4v) is 3.18. The van der Waals surface area contributed by atoms with Gasteiger partial charge in [-0.1, -0.05) is 39.0 Å². The largest absolute Gasteiger partial charge is 0.411 e. The number of carbonyl (C=O) groups excluding carboxylic acids is 1. The molecule has 0 radical (unpaired) electrons. The highest BCUT2D eigenvalue weighted by molar-refractivity contribution is 6.74. The van der Waals surface area contributed by atoms with Crippen molar-refractivity contribution < 1.29 is 9.22 Å². The summed E-state index contributed by atoms with van der Waals surface area (Å²) in [6, 6.07) is 13.6. The second kappa shape index (κ2) is 7.72. The van der Waals surface area contributed by atoms with E-state index in [1.54, 1.807) is 19.0 Å². The third kappa shape index (κ3) is 4.80. The number of aromatic nitrogens is 1. The minimum absolute atomic E-state index is 0.000954. The van der Waals surface area contributed by atoms with Gasteiger partial charge in [0.2, 0.25) is 0 Å². The van der Waals surface area contributed by atoms with E-state index in [4.69, 9.17) is 9.41 Å². The summed E-state index contributed by atoms with van der Waals surface area (Å²) >= 11 is 0. The van der Waals surface area contributed by atoms with Crippen molar-refractivity contribution in [2.75, 3.05) is 14.1 Å². The second-order valence-electron chi connectivity index (χ2n) is 8.34. The number of benzene rings is 1. The van der Waals surface area contributed by atoms with Gasteiger partial charge in [0.05, 0.1) is 18.0 Å². The van der Waals surface area contributed by atoms with Crippen LogP contribution >= 0.6 is 0 Å². The highest BCUT2D eigenvalue weighted by Crippen LogP contribution is 2.37. The molecule has 0 bridgehead atoms. The van der Waals surface area contributed by atoms with Gasteiger partial charge >= 0.3 is 0 Å². The van der Waals surface area contributed by atoms with Crippen molar-refractivity contribution in [3.05, 3.63) is 53.7 Å². The fourth-order valence-electron chi connectivity index (χ4n) is 2.23. The van der Waals surface area contributed by atoms with Gasteiger partial charge in [0, 0.05) is 25.2 Å². The van der Waals surface area contributed by atoms with Gasteiger partial charge in [-0.25, -0.2) is 0 Å². The maximum Gasteiger partial charge on any atom is 0.253 e. The van der Waals surface area contributed by atoms with Gasteiger partial charge in [-0.15, -0.1) is 0 Å². The number of hydrogen-bond acceptors (Lipinski definition) is 3. The fraction of sp³-hybridized carbons (Fsp3) is 0.429. The predicted molar refractivity (Wildman–Crippen MR) is 110 cm³/mol. The lowest BCUT2D eigenvalue weighted by atomic mass is 10.1. The molecule has 0 N–H and O–H groups in total. The first-order chi connectivity index (χ1) is 12.0. The van der Waals surface area contributed by atoms with Gasteiger partial charge in [0.25, 0.3) is 5.91 Å². The number of amides is 1.